The summed E-state index contributed by atoms with van der Waals surface area (Å²) in [6.07, 6.45) is 0.709. The molecular formula is C12H17N3O5S3. The third-order valence-electron chi connectivity index (χ3n) is 2.64. The summed E-state index contributed by atoms with van der Waals surface area (Å²) in [6, 6.07) is 7.48. The third-order valence-corrected chi connectivity index (χ3v) is 6.88. The number of carbonyl (C=O) groups is 1. The van der Waals surface area contributed by atoms with Crippen LogP contribution in [0.5, 0.6) is 0 Å². The van der Waals surface area contributed by atoms with Crippen LogP contribution in [0.4, 0.5) is 4.79 Å². The van der Waals surface area contributed by atoms with E-state index in [9.17, 15) is 17.8 Å². The molecule has 0 saturated carbocycles. The Labute approximate surface area is 143 Å². The first kappa shape index (κ1) is 19.8. The summed E-state index contributed by atoms with van der Waals surface area (Å²) in [7, 11) is -1.75. The predicted molar refractivity (Wildman–Crippen MR) is 90.4 cm³/mol. The number of carbonyl (C=O) groups excluding carboxylic acids is 1. The molecule has 128 valence electrons. The highest BCUT2D eigenvalue weighted by Crippen LogP contribution is 2.19. The van der Waals surface area contributed by atoms with E-state index in [4.69, 9.17) is 0 Å². The molecule has 11 heteroatoms. The van der Waals surface area contributed by atoms with Crippen LogP contribution < -0.4 is 0 Å². The van der Waals surface area contributed by atoms with Crippen molar-refractivity contribution in [3.05, 3.63) is 30.3 Å². The van der Waals surface area contributed by atoms with Crippen LogP contribution in [-0.4, -0.2) is 52.5 Å². The maximum Gasteiger partial charge on any atom is 0.479 e. The number of hydrogen-bond acceptors (Lipinski definition) is 7. The topological polar surface area (TPSA) is 102 Å². The molecule has 1 unspecified atom stereocenters. The van der Waals surface area contributed by atoms with Crippen LogP contribution in [0.2, 0.25) is 0 Å². The van der Waals surface area contributed by atoms with Gasteiger partial charge < -0.3 is 4.55 Å². The zero-order valence-corrected chi connectivity index (χ0v) is 15.4. The first-order chi connectivity index (χ1) is 10.7. The van der Waals surface area contributed by atoms with E-state index >= 15 is 0 Å². The van der Waals surface area contributed by atoms with Gasteiger partial charge in [0.05, 0.1) is 19.0 Å². The highest BCUT2D eigenvalue weighted by molar-refractivity contribution is 8.13. The van der Waals surface area contributed by atoms with Crippen molar-refractivity contribution in [1.29, 1.82) is 0 Å². The van der Waals surface area contributed by atoms with Crippen molar-refractivity contribution >= 4 is 44.5 Å². The molecule has 0 aliphatic carbocycles. The lowest BCUT2D eigenvalue weighted by Gasteiger charge is -2.23. The summed E-state index contributed by atoms with van der Waals surface area (Å²) < 4.78 is 38.1. The maximum atomic E-state index is 12.3. The molecule has 0 fully saturated rings. The van der Waals surface area contributed by atoms with Crippen molar-refractivity contribution in [2.75, 3.05) is 20.4 Å². The summed E-state index contributed by atoms with van der Waals surface area (Å²) in [4.78, 5) is 16.3. The Kier molecular flexibility index (Phi) is 7.35. The number of oxime groups is 1. The number of thioether (sulfide) groups is 1. The molecule has 0 aliphatic rings. The average Bonchev–Trinajstić information content (AvgIpc) is 2.57. The largest absolute Gasteiger partial charge is 0.572 e. The van der Waals surface area contributed by atoms with E-state index < -0.39 is 27.7 Å². The van der Waals surface area contributed by atoms with Crippen LogP contribution in [0.1, 0.15) is 6.92 Å². The Bertz CT molecular complexity index is 666. The Morgan fingerprint density at radius 2 is 1.87 bits per heavy atom. The van der Waals surface area contributed by atoms with Gasteiger partial charge in [-0.25, -0.2) is 13.2 Å². The van der Waals surface area contributed by atoms with Crippen molar-refractivity contribution < 1.29 is 22.6 Å². The fourth-order valence-electron chi connectivity index (χ4n) is 1.26. The molecule has 8 nitrogen and oxygen atoms in total. The summed E-state index contributed by atoms with van der Waals surface area (Å²) in [5.74, 6) is 0. The van der Waals surface area contributed by atoms with E-state index in [1.807, 2.05) is 0 Å². The fraction of sp³-hybridized carbons (Fsp3) is 0.333. The second kappa shape index (κ2) is 8.55. The number of rotatable bonds is 5. The minimum atomic E-state index is -4.01. The smallest absolute Gasteiger partial charge is 0.479 e. The zero-order valence-electron chi connectivity index (χ0n) is 13.0. The second-order valence-corrected chi connectivity index (χ2v) is 8.88. The maximum absolute atomic E-state index is 12.3. The van der Waals surface area contributed by atoms with Crippen molar-refractivity contribution in [3.8, 4) is 0 Å². The Morgan fingerprint density at radius 1 is 1.30 bits per heavy atom. The Balaban J connectivity index is 2.87. The van der Waals surface area contributed by atoms with Gasteiger partial charge in [0.1, 0.15) is 5.04 Å². The van der Waals surface area contributed by atoms with E-state index in [1.165, 1.54) is 23.9 Å². The van der Waals surface area contributed by atoms with Crippen LogP contribution in [0, 0.1) is 0 Å². The van der Waals surface area contributed by atoms with E-state index in [0.717, 1.165) is 14.1 Å². The molecule has 0 aliphatic heterocycles. The molecule has 1 atom stereocenters. The van der Waals surface area contributed by atoms with Gasteiger partial charge in [0.25, 0.3) is 10.0 Å². The molecule has 1 rings (SSSR count). The summed E-state index contributed by atoms with van der Waals surface area (Å²) >= 11 is -1.03. The minimum absolute atomic E-state index is 0.0335. The van der Waals surface area contributed by atoms with Crippen LogP contribution >= 0.6 is 11.8 Å². The minimum Gasteiger partial charge on any atom is -0.572 e. The molecule has 0 saturated heterocycles. The Morgan fingerprint density at radius 3 is 2.39 bits per heavy atom. The van der Waals surface area contributed by atoms with E-state index in [1.54, 1.807) is 31.4 Å². The van der Waals surface area contributed by atoms with E-state index in [2.05, 4.69) is 9.99 Å². The van der Waals surface area contributed by atoms with Crippen molar-refractivity contribution in [2.45, 2.75) is 11.8 Å². The van der Waals surface area contributed by atoms with Crippen LogP contribution in [0.3, 0.4) is 0 Å². The van der Waals surface area contributed by atoms with E-state index in [0.29, 0.717) is 13.1 Å². The molecule has 1 amide bonds. The van der Waals surface area contributed by atoms with Crippen molar-refractivity contribution in [1.82, 2.24) is 8.02 Å². The molecule has 0 heterocycles. The molecule has 23 heavy (non-hydrogen) atoms. The lowest BCUT2D eigenvalue weighted by Crippen LogP contribution is -2.45. The Hall–Kier alpha value is -1.27. The van der Waals surface area contributed by atoms with Gasteiger partial charge in [0, 0.05) is 3.71 Å². The molecular weight excluding hydrogens is 362 g/mol. The standard InChI is InChI=1S/C12H17N3O5S3/c1-10(21-4)13-20-12(16)14(2)22(17)15(3)23(18,19)11-8-6-5-7-9-11/h5-9H,1-4H3. The molecule has 0 bridgehead atoms. The number of nitrogens with zero attached hydrogens (tertiary/aromatic N) is 3. The molecule has 0 spiro atoms. The van der Waals surface area contributed by atoms with Gasteiger partial charge in [-0.15, -0.1) is 16.1 Å². The first-order valence-electron chi connectivity index (χ1n) is 6.21. The lowest BCUT2D eigenvalue weighted by molar-refractivity contribution is 0.134. The van der Waals surface area contributed by atoms with E-state index in [-0.39, 0.29) is 4.90 Å². The lowest BCUT2D eigenvalue weighted by atomic mass is 10.4. The summed E-state index contributed by atoms with van der Waals surface area (Å²) in [5, 5.41) is 4.00. The summed E-state index contributed by atoms with van der Waals surface area (Å²) in [5.41, 5.74) is 0. The molecule has 1 aromatic carbocycles. The van der Waals surface area contributed by atoms with Crippen LogP contribution in [0.25, 0.3) is 0 Å². The quantitative estimate of drug-likeness (QED) is 0.253. The number of benzene rings is 1. The fourth-order valence-corrected chi connectivity index (χ4v) is 3.90. The number of sulfonamides is 1. The highest BCUT2D eigenvalue weighted by atomic mass is 32.3. The molecule has 0 radical (unpaired) electrons. The van der Waals surface area contributed by atoms with Crippen LogP contribution in [-0.2, 0) is 26.4 Å². The van der Waals surface area contributed by atoms with Gasteiger partial charge in [-0.05, 0) is 25.3 Å². The normalized spacial score (nSPS) is 13.7. The highest BCUT2D eigenvalue weighted by Gasteiger charge is 2.37. The third kappa shape index (κ3) is 5.11. The van der Waals surface area contributed by atoms with Crippen molar-refractivity contribution in [2.24, 2.45) is 5.16 Å². The SMILES string of the molecule is CSC(C)=NOC(=O)N(C)[S+]([O-])N(C)S(=O)(=O)c1ccccc1. The monoisotopic (exact) mass is 379 g/mol. The van der Waals surface area contributed by atoms with Crippen molar-refractivity contribution in [3.63, 3.8) is 0 Å². The van der Waals surface area contributed by atoms with Gasteiger partial charge in [-0.3, -0.25) is 4.84 Å². The molecule has 0 N–H and O–H groups in total. The summed E-state index contributed by atoms with van der Waals surface area (Å²) in [6.45, 7) is 1.63. The second-order valence-electron chi connectivity index (χ2n) is 4.13. The van der Waals surface area contributed by atoms with Gasteiger partial charge in [0.2, 0.25) is 0 Å². The molecule has 1 aromatic rings. The van der Waals surface area contributed by atoms with Gasteiger partial charge in [-0.1, -0.05) is 23.4 Å². The average molecular weight is 379 g/mol. The first-order valence-corrected chi connectivity index (χ1v) is 9.94. The number of amides is 1. The van der Waals surface area contributed by atoms with Crippen LogP contribution in [0.15, 0.2) is 40.4 Å². The predicted octanol–water partition coefficient (Wildman–Crippen LogP) is 1.65. The van der Waals surface area contributed by atoms with Gasteiger partial charge in [-0.2, -0.15) is 0 Å². The number of hydrogen-bond donors (Lipinski definition) is 0. The molecule has 0 aromatic heterocycles. The van der Waals surface area contributed by atoms with Gasteiger partial charge >= 0.3 is 6.09 Å². The van der Waals surface area contributed by atoms with Gasteiger partial charge in [0.15, 0.2) is 11.5 Å². The zero-order chi connectivity index (χ0) is 17.6.